The molecule has 3 aromatic heterocycles. The molecule has 0 fully saturated rings. The molecule has 15 nitrogen and oxygen atoms in total. The number of aromatic nitrogens is 3. The molecule has 6 N–H and O–H groups in total. The smallest absolute Gasteiger partial charge is 0.355 e. The topological polar surface area (TPSA) is 262 Å². The first kappa shape index (κ1) is 23.4. The summed E-state index contributed by atoms with van der Waals surface area (Å²) in [6, 6.07) is 2.42. The molecule has 0 atom stereocenters. The number of aromatic carboxylic acids is 6. The molecule has 0 unspecified atom stereocenters. The van der Waals surface area contributed by atoms with E-state index in [2.05, 4.69) is 15.0 Å². The van der Waals surface area contributed by atoms with Crippen LogP contribution in [0.3, 0.4) is 0 Å². The molecule has 1 aromatic carbocycles. The molecular formula is C21H9N3O12. The first-order valence-electron chi connectivity index (χ1n) is 9.39. The zero-order valence-electron chi connectivity index (χ0n) is 17.2. The summed E-state index contributed by atoms with van der Waals surface area (Å²) in [6.07, 6.45) is 0. The maximum atomic E-state index is 11.7. The zero-order chi connectivity index (χ0) is 26.6. The van der Waals surface area contributed by atoms with Gasteiger partial charge in [0.25, 0.3) is 0 Å². The summed E-state index contributed by atoms with van der Waals surface area (Å²) < 4.78 is 0. The molecule has 0 amide bonds. The van der Waals surface area contributed by atoms with Gasteiger partial charge >= 0.3 is 35.8 Å². The van der Waals surface area contributed by atoms with Gasteiger partial charge in [0.1, 0.15) is 0 Å². The Labute approximate surface area is 195 Å². The number of benzene rings is 1. The highest BCUT2D eigenvalue weighted by Gasteiger charge is 2.28. The largest absolute Gasteiger partial charge is 0.478 e. The van der Waals surface area contributed by atoms with Crippen LogP contribution in [-0.4, -0.2) is 81.4 Å². The average Bonchev–Trinajstić information content (AvgIpc) is 2.81. The summed E-state index contributed by atoms with van der Waals surface area (Å²) in [5.74, 6) is -10.5. The lowest BCUT2D eigenvalue weighted by atomic mass is 9.97. The third kappa shape index (κ3) is 3.43. The first-order chi connectivity index (χ1) is 16.8. The van der Waals surface area contributed by atoms with Crippen molar-refractivity contribution in [1.82, 2.24) is 15.0 Å². The van der Waals surface area contributed by atoms with Crippen LogP contribution in [0.4, 0.5) is 0 Å². The number of carboxylic acids is 6. The van der Waals surface area contributed by atoms with Crippen LogP contribution in [0.15, 0.2) is 18.2 Å². The van der Waals surface area contributed by atoms with Crippen LogP contribution in [0, 0.1) is 0 Å². The van der Waals surface area contributed by atoms with Gasteiger partial charge < -0.3 is 30.6 Å². The minimum Gasteiger partial charge on any atom is -0.478 e. The lowest BCUT2D eigenvalue weighted by Gasteiger charge is -2.14. The summed E-state index contributed by atoms with van der Waals surface area (Å²) >= 11 is 0. The third-order valence-electron chi connectivity index (χ3n) is 5.13. The molecule has 0 spiro atoms. The van der Waals surface area contributed by atoms with Crippen molar-refractivity contribution < 1.29 is 59.4 Å². The van der Waals surface area contributed by atoms with Crippen LogP contribution in [0.1, 0.15) is 62.5 Å². The minimum atomic E-state index is -1.77. The quantitative estimate of drug-likeness (QED) is 0.207. The van der Waals surface area contributed by atoms with Crippen LogP contribution >= 0.6 is 0 Å². The molecular weight excluding hydrogens is 486 g/mol. The van der Waals surface area contributed by atoms with E-state index in [1.165, 1.54) is 0 Å². The van der Waals surface area contributed by atoms with Crippen molar-refractivity contribution in [1.29, 1.82) is 0 Å². The lowest BCUT2D eigenvalue weighted by molar-refractivity contribution is 0.0646. The zero-order valence-corrected chi connectivity index (χ0v) is 17.2. The van der Waals surface area contributed by atoms with Gasteiger partial charge in [-0.2, -0.15) is 0 Å². The normalized spacial score (nSPS) is 11.0. The fraction of sp³-hybridized carbons (Fsp3) is 0. The second-order valence-corrected chi connectivity index (χ2v) is 7.17. The summed E-state index contributed by atoms with van der Waals surface area (Å²) in [7, 11) is 0. The summed E-state index contributed by atoms with van der Waals surface area (Å²) in [4.78, 5) is 81.6. The van der Waals surface area contributed by atoms with E-state index < -0.39 is 86.1 Å². The Kier molecular flexibility index (Phi) is 5.17. The number of hydrogen-bond acceptors (Lipinski definition) is 9. The fourth-order valence-corrected chi connectivity index (χ4v) is 3.68. The molecule has 0 aliphatic heterocycles. The molecule has 0 aliphatic carbocycles. The van der Waals surface area contributed by atoms with E-state index in [0.717, 1.165) is 18.2 Å². The van der Waals surface area contributed by atoms with Crippen LogP contribution in [-0.2, 0) is 0 Å². The molecule has 36 heavy (non-hydrogen) atoms. The second-order valence-electron chi connectivity index (χ2n) is 7.17. The number of nitrogens with zero attached hydrogens (tertiary/aromatic N) is 3. The van der Waals surface area contributed by atoms with Crippen molar-refractivity contribution in [2.75, 3.05) is 0 Å². The van der Waals surface area contributed by atoms with Crippen molar-refractivity contribution in [2.45, 2.75) is 0 Å². The summed E-state index contributed by atoms with van der Waals surface area (Å²) in [5.41, 5.74) is -6.54. The van der Waals surface area contributed by atoms with E-state index in [9.17, 15) is 59.4 Å². The van der Waals surface area contributed by atoms with E-state index in [1.54, 1.807) is 0 Å². The van der Waals surface area contributed by atoms with Gasteiger partial charge in [-0.1, -0.05) is 0 Å². The molecule has 0 aliphatic rings. The number of carboxylic acid groups (broad SMARTS) is 6. The molecule has 15 heteroatoms. The van der Waals surface area contributed by atoms with Gasteiger partial charge in [-0.3, -0.25) is 0 Å². The first-order valence-corrected chi connectivity index (χ1v) is 9.39. The Morgan fingerprint density at radius 3 is 0.806 bits per heavy atom. The molecule has 3 heterocycles. The van der Waals surface area contributed by atoms with Crippen molar-refractivity contribution in [3.05, 3.63) is 52.0 Å². The van der Waals surface area contributed by atoms with Crippen LogP contribution in [0.2, 0.25) is 0 Å². The van der Waals surface area contributed by atoms with Gasteiger partial charge in [-0.25, -0.2) is 43.7 Å². The highest BCUT2D eigenvalue weighted by atomic mass is 16.4. The molecule has 4 rings (SSSR count). The van der Waals surface area contributed by atoms with E-state index >= 15 is 0 Å². The highest BCUT2D eigenvalue weighted by molar-refractivity contribution is 6.25. The van der Waals surface area contributed by atoms with Crippen LogP contribution in [0.5, 0.6) is 0 Å². The lowest BCUT2D eigenvalue weighted by Crippen LogP contribution is -2.14. The average molecular weight is 495 g/mol. The molecule has 0 saturated carbocycles. The molecule has 0 saturated heterocycles. The Morgan fingerprint density at radius 1 is 0.417 bits per heavy atom. The number of hydrogen-bond donors (Lipinski definition) is 6. The SMILES string of the molecule is O=C(O)c1cc2c(nc1C(=O)O)c1cc(C(=O)O)c(C(=O)O)nc1c1cc(C(=O)O)c(C(=O)O)nc21. The summed E-state index contributed by atoms with van der Waals surface area (Å²) in [5, 5.41) is 56.0. The van der Waals surface area contributed by atoms with Gasteiger partial charge in [-0.15, -0.1) is 0 Å². The fourth-order valence-electron chi connectivity index (χ4n) is 3.68. The van der Waals surface area contributed by atoms with Crippen LogP contribution < -0.4 is 0 Å². The van der Waals surface area contributed by atoms with E-state index in [-0.39, 0.29) is 16.2 Å². The van der Waals surface area contributed by atoms with Crippen molar-refractivity contribution in [2.24, 2.45) is 0 Å². The Morgan fingerprint density at radius 2 is 0.639 bits per heavy atom. The maximum absolute atomic E-state index is 11.7. The minimum absolute atomic E-state index is 0.277. The van der Waals surface area contributed by atoms with Gasteiger partial charge in [0, 0.05) is 16.2 Å². The highest BCUT2D eigenvalue weighted by Crippen LogP contribution is 2.35. The van der Waals surface area contributed by atoms with Crippen LogP contribution in [0.25, 0.3) is 32.7 Å². The predicted molar refractivity (Wildman–Crippen MR) is 114 cm³/mol. The van der Waals surface area contributed by atoms with Gasteiger partial charge in [0.05, 0.1) is 33.2 Å². The molecule has 0 bridgehead atoms. The third-order valence-corrected chi connectivity index (χ3v) is 5.13. The van der Waals surface area contributed by atoms with Crippen molar-refractivity contribution >= 4 is 68.5 Å². The van der Waals surface area contributed by atoms with E-state index in [1.807, 2.05) is 0 Å². The maximum Gasteiger partial charge on any atom is 0.355 e. The molecule has 4 aromatic rings. The van der Waals surface area contributed by atoms with Gasteiger partial charge in [-0.05, 0) is 18.2 Å². The van der Waals surface area contributed by atoms with E-state index in [4.69, 9.17) is 0 Å². The number of carbonyl (C=O) groups is 6. The standard InChI is InChI=1S/C21H9N3O12/c25-16(26)7-1-4-10(22-13(7)19(31)32)5-2-9(18(29)30)15(21(35)36)24-12(5)6-3-8(17(27)28)14(20(33)34)23-11(4)6/h1-3H,(H,25,26)(H,27,28)(H,29,30)(H,31,32)(H,33,34)(H,35,36). The Balaban J connectivity index is 2.42. The number of rotatable bonds is 6. The Bertz CT molecular complexity index is 1400. The molecule has 0 radical (unpaired) electrons. The number of pyridine rings is 3. The van der Waals surface area contributed by atoms with Gasteiger partial charge in [0.15, 0.2) is 17.1 Å². The second kappa shape index (κ2) is 7.94. The van der Waals surface area contributed by atoms with Crippen molar-refractivity contribution in [3.8, 4) is 0 Å². The monoisotopic (exact) mass is 495 g/mol. The van der Waals surface area contributed by atoms with E-state index in [0.29, 0.717) is 0 Å². The Hall–Kier alpha value is -5.73. The van der Waals surface area contributed by atoms with Gasteiger partial charge in [0.2, 0.25) is 0 Å². The summed E-state index contributed by atoms with van der Waals surface area (Å²) in [6.45, 7) is 0. The number of fused-ring (bicyclic) bond motifs is 6. The van der Waals surface area contributed by atoms with Crippen molar-refractivity contribution in [3.63, 3.8) is 0 Å². The molecule has 180 valence electrons. The predicted octanol–water partition coefficient (Wildman–Crippen LogP) is 1.52.